The fourth-order valence-corrected chi connectivity index (χ4v) is 3.69. The molecule has 3 N–H and O–H groups in total. The van der Waals surface area contributed by atoms with E-state index < -0.39 is 21.8 Å². The summed E-state index contributed by atoms with van der Waals surface area (Å²) in [5.41, 5.74) is 5.54. The van der Waals surface area contributed by atoms with Gasteiger partial charge in [-0.2, -0.15) is 0 Å². The third-order valence-electron chi connectivity index (χ3n) is 4.11. The van der Waals surface area contributed by atoms with E-state index in [0.717, 1.165) is 0 Å². The standard InChI is InChI=1S/C20H25N3O6S/c1-5-21-30(26,27)15-9-7-13(3)16(12-15)20(25)23-22-19(24)14-8-10-17(29-6-2)18(11-14)28-4/h7-12,21H,5-6H2,1-4H3,(H,22,24)(H,23,25). The molecule has 10 heteroatoms. The first-order chi connectivity index (χ1) is 14.2. The molecule has 0 radical (unpaired) electrons. The van der Waals surface area contributed by atoms with Gasteiger partial charge in [-0.1, -0.05) is 13.0 Å². The van der Waals surface area contributed by atoms with Gasteiger partial charge < -0.3 is 9.47 Å². The van der Waals surface area contributed by atoms with Gasteiger partial charge >= 0.3 is 0 Å². The highest BCUT2D eigenvalue weighted by Crippen LogP contribution is 2.28. The van der Waals surface area contributed by atoms with Gasteiger partial charge in [0.15, 0.2) is 11.5 Å². The molecular formula is C20H25N3O6S. The lowest BCUT2D eigenvalue weighted by Gasteiger charge is -2.13. The number of benzene rings is 2. The zero-order valence-electron chi connectivity index (χ0n) is 17.2. The number of methoxy groups -OCH3 is 1. The van der Waals surface area contributed by atoms with Crippen molar-refractivity contribution in [3.05, 3.63) is 53.1 Å². The Morgan fingerprint density at radius 1 is 0.967 bits per heavy atom. The zero-order chi connectivity index (χ0) is 22.3. The summed E-state index contributed by atoms with van der Waals surface area (Å²) in [6.07, 6.45) is 0. The van der Waals surface area contributed by atoms with Crippen LogP contribution in [0.4, 0.5) is 0 Å². The second kappa shape index (κ2) is 10.1. The molecule has 0 fully saturated rings. The van der Waals surface area contributed by atoms with E-state index in [2.05, 4.69) is 15.6 Å². The first-order valence-corrected chi connectivity index (χ1v) is 10.7. The van der Waals surface area contributed by atoms with Crippen LogP contribution in [-0.4, -0.2) is 40.5 Å². The summed E-state index contributed by atoms with van der Waals surface area (Å²) >= 11 is 0. The minimum Gasteiger partial charge on any atom is -0.493 e. The number of sulfonamides is 1. The first kappa shape index (κ1) is 23.2. The average Bonchev–Trinajstić information content (AvgIpc) is 2.72. The van der Waals surface area contributed by atoms with Gasteiger partial charge in [-0.25, -0.2) is 13.1 Å². The van der Waals surface area contributed by atoms with Gasteiger partial charge in [0.05, 0.1) is 18.6 Å². The smallest absolute Gasteiger partial charge is 0.270 e. The molecule has 0 atom stereocenters. The molecule has 0 heterocycles. The molecule has 0 aliphatic rings. The van der Waals surface area contributed by atoms with Crippen molar-refractivity contribution in [1.29, 1.82) is 0 Å². The molecule has 0 saturated heterocycles. The third-order valence-corrected chi connectivity index (χ3v) is 5.66. The van der Waals surface area contributed by atoms with Gasteiger partial charge in [-0.05, 0) is 49.7 Å². The van der Waals surface area contributed by atoms with Crippen molar-refractivity contribution in [2.24, 2.45) is 0 Å². The molecule has 2 amide bonds. The number of carbonyl (C=O) groups excluding carboxylic acids is 2. The highest BCUT2D eigenvalue weighted by Gasteiger charge is 2.18. The van der Waals surface area contributed by atoms with Gasteiger partial charge in [-0.3, -0.25) is 20.4 Å². The second-order valence-corrected chi connectivity index (χ2v) is 7.95. The molecule has 9 nitrogen and oxygen atoms in total. The predicted molar refractivity (Wildman–Crippen MR) is 111 cm³/mol. The van der Waals surface area contributed by atoms with Crippen molar-refractivity contribution in [1.82, 2.24) is 15.6 Å². The molecule has 0 bridgehead atoms. The quantitative estimate of drug-likeness (QED) is 0.543. The summed E-state index contributed by atoms with van der Waals surface area (Å²) in [4.78, 5) is 24.9. The van der Waals surface area contributed by atoms with Crippen LogP contribution in [0.25, 0.3) is 0 Å². The van der Waals surface area contributed by atoms with E-state index in [-0.39, 0.29) is 22.6 Å². The molecule has 2 aromatic carbocycles. The van der Waals surface area contributed by atoms with Gasteiger partial charge in [0, 0.05) is 17.7 Å². The van der Waals surface area contributed by atoms with Gasteiger partial charge in [0.1, 0.15) is 0 Å². The summed E-state index contributed by atoms with van der Waals surface area (Å²) in [6, 6.07) is 8.81. The monoisotopic (exact) mass is 435 g/mol. The van der Waals surface area contributed by atoms with Crippen molar-refractivity contribution in [3.8, 4) is 11.5 Å². The number of hydrogen-bond acceptors (Lipinski definition) is 6. The number of carbonyl (C=O) groups is 2. The van der Waals surface area contributed by atoms with Gasteiger partial charge in [0.25, 0.3) is 11.8 Å². The van der Waals surface area contributed by atoms with Crippen molar-refractivity contribution >= 4 is 21.8 Å². The number of rotatable bonds is 8. The van der Waals surface area contributed by atoms with Crippen molar-refractivity contribution < 1.29 is 27.5 Å². The number of ether oxygens (including phenoxy) is 2. The minimum atomic E-state index is -3.72. The summed E-state index contributed by atoms with van der Waals surface area (Å²) in [6.45, 7) is 5.82. The highest BCUT2D eigenvalue weighted by atomic mass is 32.2. The van der Waals surface area contributed by atoms with Crippen LogP contribution in [0.2, 0.25) is 0 Å². The van der Waals surface area contributed by atoms with Crippen LogP contribution < -0.4 is 25.0 Å². The zero-order valence-corrected chi connectivity index (χ0v) is 18.1. The maximum Gasteiger partial charge on any atom is 0.270 e. The molecule has 0 unspecified atom stereocenters. The SMILES string of the molecule is CCNS(=O)(=O)c1ccc(C)c(C(=O)NNC(=O)c2ccc(OCC)c(OC)c2)c1. The van der Waals surface area contributed by atoms with Crippen LogP contribution in [0.1, 0.15) is 40.1 Å². The molecule has 2 aromatic rings. The van der Waals surface area contributed by atoms with Crippen LogP contribution >= 0.6 is 0 Å². The van der Waals surface area contributed by atoms with Crippen molar-refractivity contribution in [3.63, 3.8) is 0 Å². The Kier molecular flexibility index (Phi) is 7.79. The Labute approximate surface area is 175 Å². The van der Waals surface area contributed by atoms with Gasteiger partial charge in [-0.15, -0.1) is 0 Å². The Morgan fingerprint density at radius 3 is 2.30 bits per heavy atom. The lowest BCUT2D eigenvalue weighted by atomic mass is 10.1. The number of nitrogens with one attached hydrogen (secondary N) is 3. The van der Waals surface area contributed by atoms with E-state index in [1.165, 1.54) is 37.4 Å². The van der Waals surface area contributed by atoms with E-state index in [1.54, 1.807) is 19.9 Å². The molecule has 2 rings (SSSR count). The third kappa shape index (κ3) is 5.49. The van der Waals surface area contributed by atoms with Crippen molar-refractivity contribution in [2.75, 3.05) is 20.3 Å². The Morgan fingerprint density at radius 2 is 1.67 bits per heavy atom. The number of amides is 2. The minimum absolute atomic E-state index is 0.0392. The van der Waals surface area contributed by atoms with E-state index in [0.29, 0.717) is 23.7 Å². The summed E-state index contributed by atoms with van der Waals surface area (Å²) < 4.78 is 37.3. The van der Waals surface area contributed by atoms with E-state index in [9.17, 15) is 18.0 Å². The Bertz CT molecular complexity index is 1040. The molecule has 162 valence electrons. The van der Waals surface area contributed by atoms with Crippen molar-refractivity contribution in [2.45, 2.75) is 25.7 Å². The molecule has 30 heavy (non-hydrogen) atoms. The van der Waals surface area contributed by atoms with Gasteiger partial charge in [0.2, 0.25) is 10.0 Å². The fraction of sp³-hybridized carbons (Fsp3) is 0.300. The lowest BCUT2D eigenvalue weighted by molar-refractivity contribution is 0.0846. The molecule has 0 aliphatic heterocycles. The molecule has 0 aromatic heterocycles. The number of aryl methyl sites for hydroxylation is 1. The van der Waals surface area contributed by atoms with E-state index in [1.807, 2.05) is 6.92 Å². The van der Waals surface area contributed by atoms with Crippen LogP contribution in [0.5, 0.6) is 11.5 Å². The van der Waals surface area contributed by atoms with E-state index >= 15 is 0 Å². The normalized spacial score (nSPS) is 10.9. The Balaban J connectivity index is 2.15. The van der Waals surface area contributed by atoms with E-state index in [4.69, 9.17) is 9.47 Å². The van der Waals surface area contributed by atoms with Crippen LogP contribution in [0.15, 0.2) is 41.3 Å². The number of hydrogen-bond donors (Lipinski definition) is 3. The molecular weight excluding hydrogens is 410 g/mol. The largest absolute Gasteiger partial charge is 0.493 e. The molecule has 0 saturated carbocycles. The number of hydrazine groups is 1. The van der Waals surface area contributed by atoms with Crippen LogP contribution in [0, 0.1) is 6.92 Å². The molecule has 0 aliphatic carbocycles. The molecule has 0 spiro atoms. The fourth-order valence-electron chi connectivity index (χ4n) is 2.62. The summed E-state index contributed by atoms with van der Waals surface area (Å²) in [5.74, 6) is -0.339. The van der Waals surface area contributed by atoms with Crippen LogP contribution in [-0.2, 0) is 10.0 Å². The summed E-state index contributed by atoms with van der Waals surface area (Å²) in [7, 11) is -2.26. The maximum atomic E-state index is 12.5. The maximum absolute atomic E-state index is 12.5. The highest BCUT2D eigenvalue weighted by molar-refractivity contribution is 7.89. The topological polar surface area (TPSA) is 123 Å². The van der Waals surface area contributed by atoms with Crippen LogP contribution in [0.3, 0.4) is 0 Å². The predicted octanol–water partition coefficient (Wildman–Crippen LogP) is 1.78. The summed E-state index contributed by atoms with van der Waals surface area (Å²) in [5, 5.41) is 0. The lowest BCUT2D eigenvalue weighted by Crippen LogP contribution is -2.42. The average molecular weight is 436 g/mol. The Hall–Kier alpha value is -3.11. The second-order valence-electron chi connectivity index (χ2n) is 6.18. The first-order valence-electron chi connectivity index (χ1n) is 9.25.